The molecular formula is C21H21N3O2S2. The molecule has 1 aliphatic heterocycles. The van der Waals surface area contributed by atoms with Gasteiger partial charge in [0.05, 0.1) is 17.9 Å². The Bertz CT molecular complexity index is 946. The van der Waals surface area contributed by atoms with Crippen LogP contribution in [0.25, 0.3) is 0 Å². The molecular weight excluding hydrogens is 390 g/mol. The van der Waals surface area contributed by atoms with Crippen molar-refractivity contribution in [3.8, 4) is 0 Å². The quantitative estimate of drug-likeness (QED) is 0.569. The van der Waals surface area contributed by atoms with Gasteiger partial charge in [0.2, 0.25) is 11.8 Å². The Labute approximate surface area is 172 Å². The van der Waals surface area contributed by atoms with Crippen molar-refractivity contribution in [3.05, 3.63) is 66.1 Å². The molecule has 2 heterocycles. The van der Waals surface area contributed by atoms with Gasteiger partial charge in [-0.25, -0.2) is 0 Å². The molecule has 0 fully saturated rings. The van der Waals surface area contributed by atoms with Crippen molar-refractivity contribution in [2.45, 2.75) is 35.1 Å². The number of para-hydroxylation sites is 1. The standard InChI is InChI=1S/C21H21N3O2S2/c1-15-11-12-24(17-9-5-6-10-18(17)28-15)20(25)14-27-21-23-22-19(26-21)13-16-7-3-2-4-8-16/h2-10,15H,11-14H2,1H3. The largest absolute Gasteiger partial charge is 0.416 e. The van der Waals surface area contributed by atoms with E-state index < -0.39 is 0 Å². The van der Waals surface area contributed by atoms with E-state index in [1.54, 1.807) is 0 Å². The monoisotopic (exact) mass is 411 g/mol. The number of fused-ring (bicyclic) bond motifs is 1. The number of hydrogen-bond acceptors (Lipinski definition) is 6. The van der Waals surface area contributed by atoms with E-state index in [9.17, 15) is 4.79 Å². The summed E-state index contributed by atoms with van der Waals surface area (Å²) in [5, 5.41) is 9.10. The fraction of sp³-hybridized carbons (Fsp3) is 0.286. The molecule has 4 rings (SSSR count). The van der Waals surface area contributed by atoms with Crippen molar-refractivity contribution in [3.63, 3.8) is 0 Å². The minimum Gasteiger partial charge on any atom is -0.416 e. The molecule has 1 amide bonds. The molecule has 0 saturated heterocycles. The van der Waals surface area contributed by atoms with Crippen molar-refractivity contribution in [2.75, 3.05) is 17.2 Å². The van der Waals surface area contributed by atoms with Gasteiger partial charge in [0.15, 0.2) is 0 Å². The lowest BCUT2D eigenvalue weighted by Crippen LogP contribution is -2.33. The van der Waals surface area contributed by atoms with Crippen LogP contribution in [0.4, 0.5) is 5.69 Å². The molecule has 144 valence electrons. The minimum absolute atomic E-state index is 0.0648. The minimum atomic E-state index is 0.0648. The van der Waals surface area contributed by atoms with Crippen LogP contribution in [-0.2, 0) is 11.2 Å². The van der Waals surface area contributed by atoms with E-state index in [1.165, 1.54) is 11.8 Å². The van der Waals surface area contributed by atoms with Crippen molar-refractivity contribution < 1.29 is 9.21 Å². The maximum Gasteiger partial charge on any atom is 0.277 e. The summed E-state index contributed by atoms with van der Waals surface area (Å²) in [6.45, 7) is 2.94. The lowest BCUT2D eigenvalue weighted by atomic mass is 10.2. The van der Waals surface area contributed by atoms with Crippen LogP contribution in [0, 0.1) is 0 Å². The Morgan fingerprint density at radius 3 is 2.82 bits per heavy atom. The van der Waals surface area contributed by atoms with Crippen LogP contribution in [0.1, 0.15) is 24.8 Å². The molecule has 0 saturated carbocycles. The number of amides is 1. The van der Waals surface area contributed by atoms with Crippen LogP contribution in [0.5, 0.6) is 0 Å². The van der Waals surface area contributed by atoms with Gasteiger partial charge in [-0.2, -0.15) is 0 Å². The number of thioether (sulfide) groups is 2. The number of anilines is 1. The van der Waals surface area contributed by atoms with Gasteiger partial charge < -0.3 is 9.32 Å². The molecule has 2 aromatic carbocycles. The van der Waals surface area contributed by atoms with E-state index in [2.05, 4.69) is 23.2 Å². The van der Waals surface area contributed by atoms with Crippen molar-refractivity contribution in [2.24, 2.45) is 0 Å². The van der Waals surface area contributed by atoms with Gasteiger partial charge in [-0.3, -0.25) is 4.79 Å². The number of aromatic nitrogens is 2. The fourth-order valence-electron chi connectivity index (χ4n) is 3.09. The molecule has 0 bridgehead atoms. The first-order chi connectivity index (χ1) is 13.7. The van der Waals surface area contributed by atoms with Crippen LogP contribution in [0.2, 0.25) is 0 Å². The number of nitrogens with zero attached hydrogens (tertiary/aromatic N) is 3. The first-order valence-electron chi connectivity index (χ1n) is 9.24. The lowest BCUT2D eigenvalue weighted by Gasteiger charge is -2.22. The maximum atomic E-state index is 12.9. The summed E-state index contributed by atoms with van der Waals surface area (Å²) >= 11 is 3.13. The zero-order chi connectivity index (χ0) is 19.3. The topological polar surface area (TPSA) is 59.2 Å². The van der Waals surface area contributed by atoms with Crippen LogP contribution in [-0.4, -0.2) is 33.7 Å². The zero-order valence-electron chi connectivity index (χ0n) is 15.6. The molecule has 5 nitrogen and oxygen atoms in total. The number of carbonyl (C=O) groups excluding carboxylic acids is 1. The number of benzene rings is 2. The van der Waals surface area contributed by atoms with Gasteiger partial charge in [-0.1, -0.05) is 61.2 Å². The predicted molar refractivity (Wildman–Crippen MR) is 113 cm³/mol. The summed E-state index contributed by atoms with van der Waals surface area (Å²) in [6, 6.07) is 18.1. The molecule has 0 aliphatic carbocycles. The van der Waals surface area contributed by atoms with E-state index >= 15 is 0 Å². The fourth-order valence-corrected chi connectivity index (χ4v) is 4.86. The summed E-state index contributed by atoms with van der Waals surface area (Å²) in [5.41, 5.74) is 2.12. The van der Waals surface area contributed by atoms with E-state index in [0.717, 1.165) is 29.1 Å². The van der Waals surface area contributed by atoms with Crippen molar-refractivity contribution in [1.82, 2.24) is 10.2 Å². The van der Waals surface area contributed by atoms with E-state index in [4.69, 9.17) is 4.42 Å². The average Bonchev–Trinajstić information content (AvgIpc) is 3.08. The molecule has 1 atom stereocenters. The highest BCUT2D eigenvalue weighted by atomic mass is 32.2. The maximum absolute atomic E-state index is 12.9. The highest BCUT2D eigenvalue weighted by molar-refractivity contribution is 8.00. The van der Waals surface area contributed by atoms with Crippen LogP contribution < -0.4 is 4.90 Å². The Morgan fingerprint density at radius 1 is 1.18 bits per heavy atom. The SMILES string of the molecule is CC1CCN(C(=O)CSc2nnc(Cc3ccccc3)o2)c2ccccc2S1. The van der Waals surface area contributed by atoms with Gasteiger partial charge in [0.1, 0.15) is 0 Å². The molecule has 28 heavy (non-hydrogen) atoms. The number of hydrogen-bond donors (Lipinski definition) is 0. The molecule has 1 aliphatic rings. The van der Waals surface area contributed by atoms with Gasteiger partial charge >= 0.3 is 0 Å². The second-order valence-corrected chi connectivity index (χ2v) is 9.05. The van der Waals surface area contributed by atoms with E-state index in [1.807, 2.05) is 65.2 Å². The molecule has 0 N–H and O–H groups in total. The third-order valence-corrected chi connectivity index (χ3v) is 6.55. The summed E-state index contributed by atoms with van der Waals surface area (Å²) in [5.74, 6) is 0.904. The van der Waals surface area contributed by atoms with Gasteiger partial charge in [0, 0.05) is 16.7 Å². The second-order valence-electron chi connectivity index (χ2n) is 6.64. The highest BCUT2D eigenvalue weighted by Gasteiger charge is 2.24. The molecule has 0 radical (unpaired) electrons. The number of rotatable bonds is 5. The third kappa shape index (κ3) is 4.59. The van der Waals surface area contributed by atoms with Crippen LogP contribution in [0.15, 0.2) is 69.1 Å². The zero-order valence-corrected chi connectivity index (χ0v) is 17.2. The Hall–Kier alpha value is -2.25. The van der Waals surface area contributed by atoms with Crippen LogP contribution in [0.3, 0.4) is 0 Å². The van der Waals surface area contributed by atoms with Crippen LogP contribution >= 0.6 is 23.5 Å². The first-order valence-corrected chi connectivity index (χ1v) is 11.1. The summed E-state index contributed by atoms with van der Waals surface area (Å²) in [6.07, 6.45) is 1.56. The average molecular weight is 412 g/mol. The summed E-state index contributed by atoms with van der Waals surface area (Å²) in [7, 11) is 0. The molecule has 1 aromatic heterocycles. The number of carbonyl (C=O) groups is 1. The second kappa shape index (κ2) is 8.84. The molecule has 7 heteroatoms. The smallest absolute Gasteiger partial charge is 0.277 e. The molecule has 3 aromatic rings. The van der Waals surface area contributed by atoms with Crippen molar-refractivity contribution >= 4 is 35.1 Å². The van der Waals surface area contributed by atoms with E-state index in [-0.39, 0.29) is 11.7 Å². The molecule has 1 unspecified atom stereocenters. The normalized spacial score (nSPS) is 16.5. The third-order valence-electron chi connectivity index (χ3n) is 4.51. The summed E-state index contributed by atoms with van der Waals surface area (Å²) < 4.78 is 5.70. The van der Waals surface area contributed by atoms with E-state index in [0.29, 0.717) is 22.8 Å². The van der Waals surface area contributed by atoms with Crippen molar-refractivity contribution in [1.29, 1.82) is 0 Å². The Balaban J connectivity index is 1.39. The van der Waals surface area contributed by atoms with Gasteiger partial charge in [-0.15, -0.1) is 22.0 Å². The lowest BCUT2D eigenvalue weighted by molar-refractivity contribution is -0.116. The molecule has 0 spiro atoms. The first kappa shape index (κ1) is 19.1. The van der Waals surface area contributed by atoms with Gasteiger partial charge in [0.25, 0.3) is 5.22 Å². The predicted octanol–water partition coefficient (Wildman–Crippen LogP) is 4.67. The van der Waals surface area contributed by atoms with Gasteiger partial charge in [-0.05, 0) is 24.1 Å². The summed E-state index contributed by atoms with van der Waals surface area (Å²) in [4.78, 5) is 15.9. The highest BCUT2D eigenvalue weighted by Crippen LogP contribution is 2.37. The Morgan fingerprint density at radius 2 is 1.96 bits per heavy atom. The Kier molecular flexibility index (Phi) is 6.02.